The van der Waals surface area contributed by atoms with E-state index >= 15 is 0 Å². The molecular weight excluding hydrogens is 368 g/mol. The van der Waals surface area contributed by atoms with Crippen molar-refractivity contribution in [2.24, 2.45) is 5.92 Å². The normalized spacial score (nSPS) is 15.1. The number of carbonyl (C=O) groups is 1. The molecule has 0 heterocycles. The van der Waals surface area contributed by atoms with Crippen LogP contribution in [0.4, 0.5) is 5.69 Å². The van der Waals surface area contributed by atoms with E-state index in [1.54, 1.807) is 0 Å². The van der Waals surface area contributed by atoms with Crippen LogP contribution in [0.25, 0.3) is 0 Å². The first-order valence-electron chi connectivity index (χ1n) is 8.58. The summed E-state index contributed by atoms with van der Waals surface area (Å²) in [6, 6.07) is 12.9. The number of rotatable bonds is 7. The molecule has 0 spiro atoms. The minimum atomic E-state index is -3.68. The molecule has 1 amide bonds. The molecule has 0 radical (unpaired) electrons. The van der Waals surface area contributed by atoms with E-state index in [1.165, 1.54) is 6.07 Å². The van der Waals surface area contributed by atoms with Gasteiger partial charge in [0.15, 0.2) is 9.84 Å². The highest BCUT2D eigenvalue weighted by Crippen LogP contribution is 2.34. The van der Waals surface area contributed by atoms with Gasteiger partial charge in [-0.1, -0.05) is 30.3 Å². The Balaban J connectivity index is 1.85. The van der Waals surface area contributed by atoms with E-state index in [2.05, 4.69) is 5.32 Å². The number of nitro groups is 1. The third kappa shape index (κ3) is 4.91. The summed E-state index contributed by atoms with van der Waals surface area (Å²) >= 11 is 0. The van der Waals surface area contributed by atoms with Crippen molar-refractivity contribution in [1.29, 1.82) is 0 Å². The van der Waals surface area contributed by atoms with Crippen molar-refractivity contribution in [3.8, 4) is 0 Å². The molecule has 2 aromatic carbocycles. The molecule has 27 heavy (non-hydrogen) atoms. The van der Waals surface area contributed by atoms with Gasteiger partial charge in [0.2, 0.25) is 0 Å². The van der Waals surface area contributed by atoms with Crippen LogP contribution in [0.1, 0.15) is 28.8 Å². The minimum Gasteiger partial charge on any atom is -0.349 e. The van der Waals surface area contributed by atoms with Crippen LogP contribution in [0.3, 0.4) is 0 Å². The smallest absolute Gasteiger partial charge is 0.271 e. The number of benzene rings is 2. The summed E-state index contributed by atoms with van der Waals surface area (Å²) < 4.78 is 23.6. The number of sulfone groups is 1. The second-order valence-corrected chi connectivity index (χ2v) is 8.87. The standard InChI is InChI=1S/C19H20N2O5S/c1-27(25,26)17-11-15(10-16(12-17)21(23)24)19(22)20-18(14-7-8-14)9-13-5-3-2-4-6-13/h2-6,10-12,14,18H,7-9H2,1H3,(H,20,22). The summed E-state index contributed by atoms with van der Waals surface area (Å²) in [6.45, 7) is 0. The van der Waals surface area contributed by atoms with Gasteiger partial charge in [0.05, 0.1) is 9.82 Å². The van der Waals surface area contributed by atoms with Crippen LogP contribution in [0, 0.1) is 16.0 Å². The molecule has 0 aliphatic heterocycles. The number of non-ortho nitro benzene ring substituents is 1. The monoisotopic (exact) mass is 388 g/mol. The van der Waals surface area contributed by atoms with Crippen LogP contribution < -0.4 is 5.32 Å². The maximum atomic E-state index is 12.7. The largest absolute Gasteiger partial charge is 0.349 e. The highest BCUT2D eigenvalue weighted by molar-refractivity contribution is 7.90. The van der Waals surface area contributed by atoms with E-state index in [0.717, 1.165) is 36.8 Å². The number of amides is 1. The van der Waals surface area contributed by atoms with Crippen molar-refractivity contribution in [3.05, 3.63) is 69.8 Å². The SMILES string of the molecule is CS(=O)(=O)c1cc(C(=O)NC(Cc2ccccc2)C2CC2)cc([N+](=O)[O-])c1. The van der Waals surface area contributed by atoms with Crippen LogP contribution in [0.2, 0.25) is 0 Å². The Hall–Kier alpha value is -2.74. The molecule has 1 atom stereocenters. The van der Waals surface area contributed by atoms with Crippen LogP contribution in [0.5, 0.6) is 0 Å². The second-order valence-electron chi connectivity index (χ2n) is 6.85. The molecule has 0 aromatic heterocycles. The van der Waals surface area contributed by atoms with Gasteiger partial charge in [-0.15, -0.1) is 0 Å². The zero-order valence-electron chi connectivity index (χ0n) is 14.8. The van der Waals surface area contributed by atoms with Crippen molar-refractivity contribution in [2.45, 2.75) is 30.2 Å². The molecule has 7 nitrogen and oxygen atoms in total. The number of hydrogen-bond donors (Lipinski definition) is 1. The van der Waals surface area contributed by atoms with Crippen molar-refractivity contribution in [2.75, 3.05) is 6.26 Å². The topological polar surface area (TPSA) is 106 Å². The van der Waals surface area contributed by atoms with Crippen LogP contribution in [0.15, 0.2) is 53.4 Å². The number of hydrogen-bond acceptors (Lipinski definition) is 5. The fraction of sp³-hybridized carbons (Fsp3) is 0.316. The molecule has 0 bridgehead atoms. The van der Waals surface area contributed by atoms with Gasteiger partial charge in [-0.2, -0.15) is 0 Å². The molecule has 3 rings (SSSR count). The van der Waals surface area contributed by atoms with Gasteiger partial charge in [-0.25, -0.2) is 8.42 Å². The Labute approximate surface area is 157 Å². The maximum Gasteiger partial charge on any atom is 0.271 e. The molecule has 1 N–H and O–H groups in total. The molecular formula is C19H20N2O5S. The van der Waals surface area contributed by atoms with Crippen LogP contribution in [-0.2, 0) is 16.3 Å². The molecule has 1 unspecified atom stereocenters. The molecule has 1 saturated carbocycles. The van der Waals surface area contributed by atoms with Crippen molar-refractivity contribution < 1.29 is 18.1 Å². The number of carbonyl (C=O) groups excluding carboxylic acids is 1. The van der Waals surface area contributed by atoms with E-state index < -0.39 is 26.4 Å². The van der Waals surface area contributed by atoms with Gasteiger partial charge in [-0.3, -0.25) is 14.9 Å². The maximum absolute atomic E-state index is 12.7. The quantitative estimate of drug-likeness (QED) is 0.580. The van der Waals surface area contributed by atoms with Crippen LogP contribution >= 0.6 is 0 Å². The average molecular weight is 388 g/mol. The van der Waals surface area contributed by atoms with E-state index in [0.29, 0.717) is 12.3 Å². The lowest BCUT2D eigenvalue weighted by molar-refractivity contribution is -0.385. The molecule has 1 fully saturated rings. The third-order valence-electron chi connectivity index (χ3n) is 4.60. The number of nitrogens with zero attached hydrogens (tertiary/aromatic N) is 1. The van der Waals surface area contributed by atoms with Gasteiger partial charge in [0.1, 0.15) is 0 Å². The third-order valence-corrected chi connectivity index (χ3v) is 5.69. The Morgan fingerprint density at radius 2 is 1.89 bits per heavy atom. The molecule has 8 heteroatoms. The average Bonchev–Trinajstić information content (AvgIpc) is 3.46. The van der Waals surface area contributed by atoms with Gasteiger partial charge in [-0.05, 0) is 36.8 Å². The van der Waals surface area contributed by atoms with E-state index in [4.69, 9.17) is 0 Å². The van der Waals surface area contributed by atoms with E-state index in [9.17, 15) is 23.3 Å². The Bertz CT molecular complexity index is 969. The second kappa shape index (κ2) is 7.48. The minimum absolute atomic E-state index is 0.0247. The fourth-order valence-electron chi connectivity index (χ4n) is 2.99. The van der Waals surface area contributed by atoms with E-state index in [1.807, 2.05) is 30.3 Å². The summed E-state index contributed by atoms with van der Waals surface area (Å²) in [7, 11) is -3.68. The molecule has 2 aromatic rings. The van der Waals surface area contributed by atoms with Crippen molar-refractivity contribution in [1.82, 2.24) is 5.32 Å². The number of nitrogens with one attached hydrogen (secondary N) is 1. The highest BCUT2D eigenvalue weighted by atomic mass is 32.2. The predicted molar refractivity (Wildman–Crippen MR) is 100 cm³/mol. The molecule has 142 valence electrons. The summed E-state index contributed by atoms with van der Waals surface area (Å²) in [5, 5.41) is 14.0. The molecule has 1 aliphatic rings. The van der Waals surface area contributed by atoms with Crippen molar-refractivity contribution >= 4 is 21.4 Å². The van der Waals surface area contributed by atoms with Gasteiger partial charge in [0, 0.05) is 30.0 Å². The highest BCUT2D eigenvalue weighted by Gasteiger charge is 2.33. The van der Waals surface area contributed by atoms with Gasteiger partial charge < -0.3 is 5.32 Å². The van der Waals surface area contributed by atoms with E-state index in [-0.39, 0.29) is 16.5 Å². The summed E-state index contributed by atoms with van der Waals surface area (Å²) in [5.74, 6) is -0.140. The molecule has 0 saturated heterocycles. The van der Waals surface area contributed by atoms with Crippen LogP contribution in [-0.4, -0.2) is 31.5 Å². The summed E-state index contributed by atoms with van der Waals surface area (Å²) in [4.78, 5) is 22.9. The first-order chi connectivity index (χ1) is 12.7. The zero-order valence-corrected chi connectivity index (χ0v) is 15.6. The summed E-state index contributed by atoms with van der Waals surface area (Å²) in [5.41, 5.74) is 0.642. The Morgan fingerprint density at radius 3 is 2.44 bits per heavy atom. The van der Waals surface area contributed by atoms with Gasteiger partial charge >= 0.3 is 0 Å². The lowest BCUT2D eigenvalue weighted by atomic mass is 10.0. The van der Waals surface area contributed by atoms with Gasteiger partial charge in [0.25, 0.3) is 11.6 Å². The first-order valence-corrected chi connectivity index (χ1v) is 10.5. The van der Waals surface area contributed by atoms with Crippen molar-refractivity contribution in [3.63, 3.8) is 0 Å². The fourth-order valence-corrected chi connectivity index (χ4v) is 3.66. The molecule has 1 aliphatic carbocycles. The predicted octanol–water partition coefficient (Wildman–Crippen LogP) is 2.75. The lowest BCUT2D eigenvalue weighted by Crippen LogP contribution is -2.38. The Morgan fingerprint density at radius 1 is 1.22 bits per heavy atom. The Kier molecular flexibility index (Phi) is 5.27. The zero-order chi connectivity index (χ0) is 19.6. The first kappa shape index (κ1) is 19.0. The summed E-state index contributed by atoms with van der Waals surface area (Å²) in [6.07, 6.45) is 3.64. The lowest BCUT2D eigenvalue weighted by Gasteiger charge is -2.18. The number of nitro benzene ring substituents is 1.